The van der Waals surface area contributed by atoms with E-state index in [4.69, 9.17) is 4.74 Å². The van der Waals surface area contributed by atoms with Crippen molar-refractivity contribution in [3.05, 3.63) is 46.8 Å². The van der Waals surface area contributed by atoms with E-state index in [9.17, 15) is 8.78 Å². The van der Waals surface area contributed by atoms with Crippen LogP contribution >= 0.6 is 15.9 Å². The van der Waals surface area contributed by atoms with E-state index in [0.29, 0.717) is 4.47 Å². The highest BCUT2D eigenvalue weighted by Crippen LogP contribution is 2.26. The van der Waals surface area contributed by atoms with E-state index in [1.54, 1.807) is 0 Å². The number of nitrogens with zero attached hydrogens (tertiary/aromatic N) is 2. The molecule has 1 heterocycles. The average molecular weight is 287 g/mol. The third-order valence-corrected chi connectivity index (χ3v) is 2.21. The molecule has 0 N–H and O–H groups in total. The predicted molar refractivity (Wildman–Crippen MR) is 56.2 cm³/mol. The van der Waals surface area contributed by atoms with E-state index in [-0.39, 0.29) is 11.6 Å². The standard InChI is InChI=1S/C10H5BrF2N2O/c11-6-1-2-7(12)8(3-6)16-10-4-9(13)14-5-15-10/h1-5H. The maximum absolute atomic E-state index is 13.3. The summed E-state index contributed by atoms with van der Waals surface area (Å²) in [6.45, 7) is 0. The van der Waals surface area contributed by atoms with Crippen molar-refractivity contribution in [3.8, 4) is 11.6 Å². The molecule has 0 atom stereocenters. The van der Waals surface area contributed by atoms with Gasteiger partial charge in [-0.25, -0.2) is 14.4 Å². The molecule has 0 fully saturated rings. The van der Waals surface area contributed by atoms with Gasteiger partial charge in [0, 0.05) is 4.47 Å². The molecule has 0 bridgehead atoms. The molecule has 0 aliphatic rings. The van der Waals surface area contributed by atoms with Gasteiger partial charge in [0.25, 0.3) is 0 Å². The Morgan fingerprint density at radius 1 is 1.12 bits per heavy atom. The van der Waals surface area contributed by atoms with Crippen LogP contribution in [0.5, 0.6) is 11.6 Å². The minimum absolute atomic E-state index is 0.0347. The molecule has 0 radical (unpaired) electrons. The summed E-state index contributed by atoms with van der Waals surface area (Å²) in [4.78, 5) is 6.91. The molecular weight excluding hydrogens is 282 g/mol. The van der Waals surface area contributed by atoms with Gasteiger partial charge >= 0.3 is 0 Å². The first kappa shape index (κ1) is 10.9. The topological polar surface area (TPSA) is 35.0 Å². The molecule has 0 saturated carbocycles. The van der Waals surface area contributed by atoms with Crippen molar-refractivity contribution in [3.63, 3.8) is 0 Å². The lowest BCUT2D eigenvalue weighted by atomic mass is 10.3. The van der Waals surface area contributed by atoms with Crippen LogP contribution < -0.4 is 4.74 Å². The van der Waals surface area contributed by atoms with Crippen LogP contribution in [0.3, 0.4) is 0 Å². The van der Waals surface area contributed by atoms with Gasteiger partial charge < -0.3 is 4.74 Å². The number of rotatable bonds is 2. The Kier molecular flexibility index (Phi) is 3.09. The molecule has 82 valence electrons. The van der Waals surface area contributed by atoms with Gasteiger partial charge in [-0.1, -0.05) is 15.9 Å². The Labute approximate surface area is 98.2 Å². The van der Waals surface area contributed by atoms with Crippen molar-refractivity contribution in [2.75, 3.05) is 0 Å². The van der Waals surface area contributed by atoms with Crippen molar-refractivity contribution >= 4 is 15.9 Å². The monoisotopic (exact) mass is 286 g/mol. The van der Waals surface area contributed by atoms with Gasteiger partial charge in [0.15, 0.2) is 11.6 Å². The van der Waals surface area contributed by atoms with E-state index in [1.807, 2.05) is 0 Å². The van der Waals surface area contributed by atoms with E-state index >= 15 is 0 Å². The van der Waals surface area contributed by atoms with Crippen molar-refractivity contribution < 1.29 is 13.5 Å². The molecular formula is C10H5BrF2N2O. The molecule has 2 rings (SSSR count). The quantitative estimate of drug-likeness (QED) is 0.795. The minimum atomic E-state index is -0.736. The largest absolute Gasteiger partial charge is 0.436 e. The number of ether oxygens (including phenoxy) is 1. The van der Waals surface area contributed by atoms with Crippen LogP contribution in [-0.4, -0.2) is 9.97 Å². The molecule has 1 aromatic heterocycles. The number of aromatic nitrogens is 2. The molecule has 0 unspecified atom stereocenters. The molecule has 3 nitrogen and oxygen atoms in total. The Hall–Kier alpha value is -1.56. The van der Waals surface area contributed by atoms with Crippen LogP contribution in [0.25, 0.3) is 0 Å². The minimum Gasteiger partial charge on any atom is -0.436 e. The van der Waals surface area contributed by atoms with Crippen molar-refractivity contribution in [1.82, 2.24) is 9.97 Å². The number of hydrogen-bond acceptors (Lipinski definition) is 3. The normalized spacial score (nSPS) is 10.2. The summed E-state index contributed by atoms with van der Waals surface area (Å²) in [6, 6.07) is 5.16. The third-order valence-electron chi connectivity index (χ3n) is 1.72. The third kappa shape index (κ3) is 2.52. The van der Waals surface area contributed by atoms with E-state index in [1.165, 1.54) is 18.2 Å². The molecule has 0 amide bonds. The van der Waals surface area contributed by atoms with Gasteiger partial charge in [-0.3, -0.25) is 0 Å². The van der Waals surface area contributed by atoms with E-state index < -0.39 is 11.8 Å². The summed E-state index contributed by atoms with van der Waals surface area (Å²) in [7, 11) is 0. The summed E-state index contributed by atoms with van der Waals surface area (Å²) in [5, 5.41) is 0. The molecule has 0 aliphatic heterocycles. The smallest absolute Gasteiger partial charge is 0.225 e. The van der Waals surface area contributed by atoms with E-state index in [2.05, 4.69) is 25.9 Å². The fraction of sp³-hybridized carbons (Fsp3) is 0. The van der Waals surface area contributed by atoms with Gasteiger partial charge in [0.1, 0.15) is 6.33 Å². The molecule has 6 heteroatoms. The zero-order valence-electron chi connectivity index (χ0n) is 7.82. The first-order valence-electron chi connectivity index (χ1n) is 4.25. The van der Waals surface area contributed by atoms with Crippen molar-refractivity contribution in [2.45, 2.75) is 0 Å². The fourth-order valence-electron chi connectivity index (χ4n) is 1.04. The maximum Gasteiger partial charge on any atom is 0.225 e. The van der Waals surface area contributed by atoms with Crippen molar-refractivity contribution in [2.24, 2.45) is 0 Å². The molecule has 2 aromatic rings. The van der Waals surface area contributed by atoms with Crippen LogP contribution in [0.1, 0.15) is 0 Å². The number of hydrogen-bond donors (Lipinski definition) is 0. The van der Waals surface area contributed by atoms with Crippen LogP contribution in [0.2, 0.25) is 0 Å². The van der Waals surface area contributed by atoms with Gasteiger partial charge in [0.2, 0.25) is 11.8 Å². The SMILES string of the molecule is Fc1cc(Oc2cc(Br)ccc2F)ncn1. The lowest BCUT2D eigenvalue weighted by Gasteiger charge is -2.05. The van der Waals surface area contributed by atoms with Crippen LogP contribution in [-0.2, 0) is 0 Å². The van der Waals surface area contributed by atoms with Gasteiger partial charge in [-0.2, -0.15) is 4.39 Å². The maximum atomic E-state index is 13.3. The molecule has 0 aliphatic carbocycles. The van der Waals surface area contributed by atoms with Gasteiger partial charge in [0.05, 0.1) is 6.07 Å². The van der Waals surface area contributed by atoms with Gasteiger partial charge in [-0.15, -0.1) is 0 Å². The van der Waals surface area contributed by atoms with Crippen LogP contribution in [0.15, 0.2) is 35.1 Å². The number of benzene rings is 1. The highest BCUT2D eigenvalue weighted by atomic mass is 79.9. The highest BCUT2D eigenvalue weighted by Gasteiger charge is 2.07. The van der Waals surface area contributed by atoms with Gasteiger partial charge in [-0.05, 0) is 18.2 Å². The predicted octanol–water partition coefficient (Wildman–Crippen LogP) is 3.31. The molecule has 0 spiro atoms. The second-order valence-electron chi connectivity index (χ2n) is 2.86. The van der Waals surface area contributed by atoms with E-state index in [0.717, 1.165) is 12.4 Å². The Morgan fingerprint density at radius 2 is 1.94 bits per heavy atom. The first-order valence-corrected chi connectivity index (χ1v) is 5.05. The van der Waals surface area contributed by atoms with Crippen LogP contribution in [0, 0.1) is 11.8 Å². The summed E-state index contributed by atoms with van der Waals surface area (Å²) in [5.41, 5.74) is 0. The zero-order valence-corrected chi connectivity index (χ0v) is 9.41. The molecule has 16 heavy (non-hydrogen) atoms. The Bertz CT molecular complexity index is 522. The average Bonchev–Trinajstić information content (AvgIpc) is 2.24. The summed E-state index contributed by atoms with van der Waals surface area (Å²) < 4.78 is 31.7. The number of halogens is 3. The van der Waals surface area contributed by atoms with Crippen LogP contribution in [0.4, 0.5) is 8.78 Å². The molecule has 0 saturated heterocycles. The second-order valence-corrected chi connectivity index (χ2v) is 3.77. The fourth-order valence-corrected chi connectivity index (χ4v) is 1.38. The Morgan fingerprint density at radius 3 is 2.69 bits per heavy atom. The Balaban J connectivity index is 2.30. The highest BCUT2D eigenvalue weighted by molar-refractivity contribution is 9.10. The summed E-state index contributed by atoms with van der Waals surface area (Å²) in [6.07, 6.45) is 1.00. The second kappa shape index (κ2) is 4.52. The summed E-state index contributed by atoms with van der Waals surface area (Å²) in [5.74, 6) is -1.38. The zero-order chi connectivity index (χ0) is 11.5. The molecule has 1 aromatic carbocycles. The summed E-state index contributed by atoms with van der Waals surface area (Å²) >= 11 is 3.17. The lowest BCUT2D eigenvalue weighted by molar-refractivity contribution is 0.419. The first-order chi connectivity index (χ1) is 7.65. The van der Waals surface area contributed by atoms with Crippen molar-refractivity contribution in [1.29, 1.82) is 0 Å². The lowest BCUT2D eigenvalue weighted by Crippen LogP contribution is -1.93.